The highest BCUT2D eigenvalue weighted by Gasteiger charge is 2.18. The Labute approximate surface area is 67.8 Å². The van der Waals surface area contributed by atoms with E-state index in [4.69, 9.17) is 0 Å². The topological polar surface area (TPSA) is 32.3 Å². The highest BCUT2D eigenvalue weighted by atomic mass is 16.2. The summed E-state index contributed by atoms with van der Waals surface area (Å²) in [6, 6.07) is 0. The summed E-state index contributed by atoms with van der Waals surface area (Å²) >= 11 is 0. The van der Waals surface area contributed by atoms with Crippen LogP contribution in [0.15, 0.2) is 0 Å². The van der Waals surface area contributed by atoms with Crippen molar-refractivity contribution >= 4 is 5.91 Å². The second-order valence-electron chi connectivity index (χ2n) is 2.84. The molecule has 0 atom stereocenters. The summed E-state index contributed by atoms with van der Waals surface area (Å²) < 4.78 is 0. The van der Waals surface area contributed by atoms with Crippen LogP contribution in [0.4, 0.5) is 0 Å². The first-order valence-corrected chi connectivity index (χ1v) is 4.12. The van der Waals surface area contributed by atoms with Gasteiger partial charge in [0.25, 0.3) is 0 Å². The van der Waals surface area contributed by atoms with Crippen LogP contribution >= 0.6 is 0 Å². The zero-order chi connectivity index (χ0) is 8.10. The molecule has 3 nitrogen and oxygen atoms in total. The van der Waals surface area contributed by atoms with Gasteiger partial charge in [0.2, 0.25) is 5.91 Å². The zero-order valence-corrected chi connectivity index (χ0v) is 6.81. The summed E-state index contributed by atoms with van der Waals surface area (Å²) in [7, 11) is 3.52. The fourth-order valence-electron chi connectivity index (χ4n) is 1.34. The molecule has 1 heterocycles. The normalized spacial score (nSPS) is 17.9. The Kier molecular flexibility index (Phi) is 3.36. The number of rotatable bonds is 4. The van der Waals surface area contributed by atoms with E-state index in [1.165, 1.54) is 0 Å². The van der Waals surface area contributed by atoms with E-state index >= 15 is 0 Å². The predicted octanol–water partition coefficient (Wildman–Crippen LogP) is 0.380. The van der Waals surface area contributed by atoms with E-state index in [1.807, 2.05) is 4.90 Å². The third-order valence-electron chi connectivity index (χ3n) is 1.95. The van der Waals surface area contributed by atoms with Gasteiger partial charge in [0, 0.05) is 26.6 Å². The molecule has 0 saturated carbocycles. The lowest BCUT2D eigenvalue weighted by Crippen LogP contribution is -2.27. The molecular formula is C8H15N2O. The monoisotopic (exact) mass is 155 g/mol. The lowest BCUT2D eigenvalue weighted by atomic mass is 10.4. The van der Waals surface area contributed by atoms with Gasteiger partial charge < -0.3 is 10.2 Å². The Morgan fingerprint density at radius 3 is 3.00 bits per heavy atom. The van der Waals surface area contributed by atoms with Crippen molar-refractivity contribution in [1.82, 2.24) is 10.2 Å². The van der Waals surface area contributed by atoms with E-state index < -0.39 is 0 Å². The molecule has 0 aromatic heterocycles. The van der Waals surface area contributed by atoms with Crippen molar-refractivity contribution in [3.8, 4) is 0 Å². The largest absolute Gasteiger partial charge is 0.343 e. The van der Waals surface area contributed by atoms with Gasteiger partial charge in [0.05, 0.1) is 0 Å². The second kappa shape index (κ2) is 4.34. The minimum Gasteiger partial charge on any atom is -0.343 e. The Hall–Kier alpha value is -0.570. The Bertz CT molecular complexity index is 136. The van der Waals surface area contributed by atoms with E-state index in [-0.39, 0.29) is 0 Å². The molecule has 0 unspecified atom stereocenters. The van der Waals surface area contributed by atoms with Gasteiger partial charge in [-0.25, -0.2) is 0 Å². The SMILES string of the molecule is [CH2]NCCCN1CCCC1=O. The van der Waals surface area contributed by atoms with Gasteiger partial charge in [-0.2, -0.15) is 0 Å². The van der Waals surface area contributed by atoms with Crippen LogP contribution in [0.25, 0.3) is 0 Å². The van der Waals surface area contributed by atoms with Gasteiger partial charge in [-0.05, 0) is 19.4 Å². The number of amides is 1. The van der Waals surface area contributed by atoms with Crippen LogP contribution in [0.1, 0.15) is 19.3 Å². The number of nitrogens with one attached hydrogen (secondary N) is 1. The number of carbonyl (C=O) groups excluding carboxylic acids is 1. The lowest BCUT2D eigenvalue weighted by molar-refractivity contribution is -0.127. The Morgan fingerprint density at radius 2 is 2.45 bits per heavy atom. The smallest absolute Gasteiger partial charge is 0.222 e. The average molecular weight is 155 g/mol. The number of hydrogen-bond acceptors (Lipinski definition) is 2. The lowest BCUT2D eigenvalue weighted by Gasteiger charge is -2.14. The van der Waals surface area contributed by atoms with E-state index in [1.54, 1.807) is 0 Å². The number of hydrogen-bond donors (Lipinski definition) is 1. The molecule has 3 heteroatoms. The van der Waals surface area contributed by atoms with Crippen LogP contribution in [-0.2, 0) is 4.79 Å². The Morgan fingerprint density at radius 1 is 1.64 bits per heavy atom. The molecular weight excluding hydrogens is 140 g/mol. The van der Waals surface area contributed by atoms with Crippen LogP contribution in [0.3, 0.4) is 0 Å². The van der Waals surface area contributed by atoms with Crippen molar-refractivity contribution in [1.29, 1.82) is 0 Å². The van der Waals surface area contributed by atoms with Crippen molar-refractivity contribution in [2.45, 2.75) is 19.3 Å². The number of nitrogens with zero attached hydrogens (tertiary/aromatic N) is 1. The fourth-order valence-corrected chi connectivity index (χ4v) is 1.34. The van der Waals surface area contributed by atoms with Gasteiger partial charge >= 0.3 is 0 Å². The van der Waals surface area contributed by atoms with Gasteiger partial charge in [0.15, 0.2) is 0 Å². The minimum atomic E-state index is 0.314. The van der Waals surface area contributed by atoms with Crippen molar-refractivity contribution < 1.29 is 4.79 Å². The molecule has 1 aliphatic heterocycles. The van der Waals surface area contributed by atoms with Crippen molar-refractivity contribution in [2.24, 2.45) is 0 Å². The van der Waals surface area contributed by atoms with Crippen molar-refractivity contribution in [2.75, 3.05) is 19.6 Å². The molecule has 1 radical (unpaired) electrons. The maximum Gasteiger partial charge on any atom is 0.222 e. The standard InChI is InChI=1S/C8H15N2O/c1-9-5-3-7-10-6-2-4-8(10)11/h9H,1-7H2. The molecule has 1 amide bonds. The first kappa shape index (κ1) is 8.53. The average Bonchev–Trinajstić information content (AvgIpc) is 2.37. The highest BCUT2D eigenvalue weighted by Crippen LogP contribution is 2.08. The first-order chi connectivity index (χ1) is 5.34. The van der Waals surface area contributed by atoms with E-state index in [9.17, 15) is 4.79 Å². The molecule has 11 heavy (non-hydrogen) atoms. The third kappa shape index (κ3) is 2.50. The summed E-state index contributed by atoms with van der Waals surface area (Å²) in [6.45, 7) is 2.74. The van der Waals surface area contributed by atoms with Gasteiger partial charge in [-0.1, -0.05) is 0 Å². The number of carbonyl (C=O) groups is 1. The van der Waals surface area contributed by atoms with Crippen LogP contribution in [0.2, 0.25) is 0 Å². The summed E-state index contributed by atoms with van der Waals surface area (Å²) in [4.78, 5) is 13.0. The molecule has 0 bridgehead atoms. The van der Waals surface area contributed by atoms with E-state index in [0.29, 0.717) is 5.91 Å². The van der Waals surface area contributed by atoms with E-state index in [0.717, 1.165) is 38.9 Å². The molecule has 0 aromatic carbocycles. The fraction of sp³-hybridized carbons (Fsp3) is 0.750. The predicted molar refractivity (Wildman–Crippen MR) is 43.8 cm³/mol. The summed E-state index contributed by atoms with van der Waals surface area (Å²) in [5.74, 6) is 0.314. The highest BCUT2D eigenvalue weighted by molar-refractivity contribution is 5.77. The Balaban J connectivity index is 2.10. The third-order valence-corrected chi connectivity index (χ3v) is 1.95. The maximum atomic E-state index is 11.1. The molecule has 1 saturated heterocycles. The second-order valence-corrected chi connectivity index (χ2v) is 2.84. The minimum absolute atomic E-state index is 0.314. The van der Waals surface area contributed by atoms with Crippen molar-refractivity contribution in [3.05, 3.63) is 7.05 Å². The van der Waals surface area contributed by atoms with Crippen LogP contribution in [-0.4, -0.2) is 30.4 Å². The molecule has 1 N–H and O–H groups in total. The molecule has 63 valence electrons. The van der Waals surface area contributed by atoms with Gasteiger partial charge in [-0.3, -0.25) is 4.79 Å². The summed E-state index contributed by atoms with van der Waals surface area (Å²) in [5, 5.41) is 2.82. The van der Waals surface area contributed by atoms with Crippen LogP contribution in [0, 0.1) is 7.05 Å². The van der Waals surface area contributed by atoms with Gasteiger partial charge in [0.1, 0.15) is 0 Å². The zero-order valence-electron chi connectivity index (χ0n) is 6.81. The quantitative estimate of drug-likeness (QED) is 0.595. The number of likely N-dealkylation sites (tertiary alicyclic amines) is 1. The first-order valence-electron chi connectivity index (χ1n) is 4.12. The molecule has 0 aromatic rings. The van der Waals surface area contributed by atoms with E-state index in [2.05, 4.69) is 12.4 Å². The summed E-state index contributed by atoms with van der Waals surface area (Å²) in [5.41, 5.74) is 0. The van der Waals surface area contributed by atoms with Crippen LogP contribution < -0.4 is 5.32 Å². The summed E-state index contributed by atoms with van der Waals surface area (Å²) in [6.07, 6.45) is 2.80. The molecule has 1 aliphatic rings. The molecule has 1 rings (SSSR count). The molecule has 0 aliphatic carbocycles. The maximum absolute atomic E-state index is 11.1. The molecule has 0 spiro atoms. The van der Waals surface area contributed by atoms with Crippen molar-refractivity contribution in [3.63, 3.8) is 0 Å². The van der Waals surface area contributed by atoms with Gasteiger partial charge in [-0.15, -0.1) is 0 Å². The molecule has 1 fully saturated rings. The van der Waals surface area contributed by atoms with Crippen LogP contribution in [0.5, 0.6) is 0 Å².